The molecule has 0 fully saturated rings. The summed E-state index contributed by atoms with van der Waals surface area (Å²) in [5.74, 6) is 1.03. The van der Waals surface area contributed by atoms with Crippen molar-refractivity contribution in [3.8, 4) is 0 Å². The Morgan fingerprint density at radius 2 is 2.29 bits per heavy atom. The Bertz CT molecular complexity index is 565. The first-order valence-corrected chi connectivity index (χ1v) is 7.23. The zero-order chi connectivity index (χ0) is 11.7. The molecule has 1 N–H and O–H groups in total. The highest BCUT2D eigenvalue weighted by molar-refractivity contribution is 7.26. The lowest BCUT2D eigenvalue weighted by molar-refractivity contribution is 0.469. The van der Waals surface area contributed by atoms with Crippen molar-refractivity contribution in [1.29, 1.82) is 0 Å². The summed E-state index contributed by atoms with van der Waals surface area (Å²) in [5.41, 5.74) is 0. The Morgan fingerprint density at radius 3 is 3.00 bits per heavy atom. The van der Waals surface area contributed by atoms with Crippen molar-refractivity contribution in [2.75, 3.05) is 7.05 Å². The van der Waals surface area contributed by atoms with Crippen LogP contribution in [0, 0.1) is 0 Å². The van der Waals surface area contributed by atoms with Crippen LogP contribution in [0.3, 0.4) is 0 Å². The number of thiophene rings is 2. The van der Waals surface area contributed by atoms with Gasteiger partial charge in [0.15, 0.2) is 0 Å². The van der Waals surface area contributed by atoms with Gasteiger partial charge in [0.25, 0.3) is 0 Å². The molecule has 2 nitrogen and oxygen atoms in total. The third-order valence-electron chi connectivity index (χ3n) is 2.84. The van der Waals surface area contributed by atoms with Gasteiger partial charge in [-0.3, -0.25) is 0 Å². The van der Waals surface area contributed by atoms with Crippen LogP contribution in [0.2, 0.25) is 0 Å². The summed E-state index contributed by atoms with van der Waals surface area (Å²) < 4.78 is 8.17. The molecule has 1 atom stereocenters. The van der Waals surface area contributed by atoms with E-state index in [1.54, 1.807) is 17.6 Å². The van der Waals surface area contributed by atoms with Crippen molar-refractivity contribution < 1.29 is 4.42 Å². The molecule has 1 unspecified atom stereocenters. The summed E-state index contributed by atoms with van der Waals surface area (Å²) in [5, 5.41) is 5.51. The molecule has 0 saturated carbocycles. The molecule has 0 aromatic carbocycles. The van der Waals surface area contributed by atoms with E-state index in [0.717, 1.165) is 12.2 Å². The van der Waals surface area contributed by atoms with Crippen molar-refractivity contribution in [2.24, 2.45) is 0 Å². The minimum atomic E-state index is 0.339. The summed E-state index contributed by atoms with van der Waals surface area (Å²) in [6, 6.07) is 8.78. The maximum Gasteiger partial charge on any atom is 0.105 e. The molecule has 17 heavy (non-hydrogen) atoms. The minimum absolute atomic E-state index is 0.339. The Hall–Kier alpha value is -1.10. The lowest BCUT2D eigenvalue weighted by Crippen LogP contribution is -2.17. The third-order valence-corrected chi connectivity index (χ3v) is 5.04. The summed E-state index contributed by atoms with van der Waals surface area (Å²) in [6.45, 7) is 0. The molecule has 0 aliphatic rings. The Kier molecular flexibility index (Phi) is 3.01. The zero-order valence-electron chi connectivity index (χ0n) is 9.47. The standard InChI is InChI=1S/C13H13NOS2/c1-14-10(7-9-3-2-5-15-9)12-8-13-11(17-12)4-6-16-13/h2-6,8,10,14H,7H2,1H3. The number of nitrogens with one attached hydrogen (secondary N) is 1. The molecule has 3 aromatic heterocycles. The highest BCUT2D eigenvalue weighted by atomic mass is 32.1. The van der Waals surface area contributed by atoms with Crippen LogP contribution < -0.4 is 5.32 Å². The maximum absolute atomic E-state index is 5.41. The van der Waals surface area contributed by atoms with Crippen LogP contribution in [-0.2, 0) is 6.42 Å². The molecule has 0 amide bonds. The number of likely N-dealkylation sites (N-methyl/N-ethyl adjacent to an activating group) is 1. The fraction of sp³-hybridized carbons (Fsp3) is 0.231. The van der Waals surface area contributed by atoms with Crippen LogP contribution >= 0.6 is 22.7 Å². The van der Waals surface area contributed by atoms with Gasteiger partial charge in [-0.2, -0.15) is 0 Å². The van der Waals surface area contributed by atoms with E-state index in [2.05, 4.69) is 22.8 Å². The molecule has 3 rings (SSSR count). The van der Waals surface area contributed by atoms with Crippen molar-refractivity contribution in [3.05, 3.63) is 46.5 Å². The normalized spacial score (nSPS) is 13.2. The quantitative estimate of drug-likeness (QED) is 0.768. The lowest BCUT2D eigenvalue weighted by Gasteiger charge is -2.12. The Balaban J connectivity index is 1.87. The Labute approximate surface area is 108 Å². The lowest BCUT2D eigenvalue weighted by atomic mass is 10.1. The van der Waals surface area contributed by atoms with Crippen LogP contribution in [0.5, 0.6) is 0 Å². The van der Waals surface area contributed by atoms with E-state index in [0.29, 0.717) is 6.04 Å². The monoisotopic (exact) mass is 263 g/mol. The first kappa shape index (κ1) is 11.0. The van der Waals surface area contributed by atoms with E-state index in [-0.39, 0.29) is 0 Å². The molecule has 3 aromatic rings. The molecule has 0 saturated heterocycles. The van der Waals surface area contributed by atoms with Gasteiger partial charge < -0.3 is 9.73 Å². The van der Waals surface area contributed by atoms with Crippen LogP contribution in [0.15, 0.2) is 40.3 Å². The van der Waals surface area contributed by atoms with Gasteiger partial charge in [0, 0.05) is 26.7 Å². The fourth-order valence-corrected chi connectivity index (χ4v) is 4.16. The van der Waals surface area contributed by atoms with E-state index in [1.807, 2.05) is 30.5 Å². The molecular formula is C13H13NOS2. The molecule has 0 spiro atoms. The van der Waals surface area contributed by atoms with E-state index < -0.39 is 0 Å². The number of rotatable bonds is 4. The number of hydrogen-bond acceptors (Lipinski definition) is 4. The molecule has 0 aliphatic heterocycles. The molecule has 0 radical (unpaired) electrons. The highest BCUT2D eigenvalue weighted by Gasteiger charge is 2.15. The van der Waals surface area contributed by atoms with Gasteiger partial charge in [-0.05, 0) is 36.7 Å². The van der Waals surface area contributed by atoms with Crippen molar-refractivity contribution in [2.45, 2.75) is 12.5 Å². The number of fused-ring (bicyclic) bond motifs is 1. The largest absolute Gasteiger partial charge is 0.469 e. The first-order valence-electron chi connectivity index (χ1n) is 5.53. The second-order valence-electron chi connectivity index (χ2n) is 3.92. The minimum Gasteiger partial charge on any atom is -0.469 e. The molecule has 88 valence electrons. The van der Waals surface area contributed by atoms with Crippen LogP contribution in [0.25, 0.3) is 9.40 Å². The predicted octanol–water partition coefficient (Wildman–Crippen LogP) is 4.06. The third kappa shape index (κ3) is 2.16. The Morgan fingerprint density at radius 1 is 1.35 bits per heavy atom. The van der Waals surface area contributed by atoms with Gasteiger partial charge in [0.1, 0.15) is 5.76 Å². The van der Waals surface area contributed by atoms with Crippen molar-refractivity contribution >= 4 is 32.1 Å². The summed E-state index contributed by atoms with van der Waals surface area (Å²) in [6.07, 6.45) is 2.63. The molecule has 0 bridgehead atoms. The van der Waals surface area contributed by atoms with E-state index in [4.69, 9.17) is 4.42 Å². The summed E-state index contributed by atoms with van der Waals surface area (Å²) >= 11 is 3.67. The fourth-order valence-electron chi connectivity index (χ4n) is 1.93. The average Bonchev–Trinajstić information content (AvgIpc) is 3.01. The van der Waals surface area contributed by atoms with Gasteiger partial charge in [-0.25, -0.2) is 0 Å². The molecular weight excluding hydrogens is 250 g/mol. The average molecular weight is 263 g/mol. The van der Waals surface area contributed by atoms with Crippen LogP contribution in [-0.4, -0.2) is 7.05 Å². The number of furan rings is 1. The first-order chi connectivity index (χ1) is 8.36. The second-order valence-corrected chi connectivity index (χ2v) is 5.99. The van der Waals surface area contributed by atoms with Crippen LogP contribution in [0.4, 0.5) is 0 Å². The molecule has 4 heteroatoms. The smallest absolute Gasteiger partial charge is 0.105 e. The summed E-state index contributed by atoms with van der Waals surface area (Å²) in [7, 11) is 2.00. The highest BCUT2D eigenvalue weighted by Crippen LogP contribution is 2.34. The van der Waals surface area contributed by atoms with Gasteiger partial charge in [0.2, 0.25) is 0 Å². The molecule has 3 heterocycles. The van der Waals surface area contributed by atoms with Gasteiger partial charge in [-0.15, -0.1) is 22.7 Å². The summed E-state index contributed by atoms with van der Waals surface area (Å²) in [4.78, 5) is 1.38. The SMILES string of the molecule is CNC(Cc1ccco1)c1cc2sccc2s1. The topological polar surface area (TPSA) is 25.2 Å². The van der Waals surface area contributed by atoms with Crippen molar-refractivity contribution in [3.63, 3.8) is 0 Å². The van der Waals surface area contributed by atoms with Gasteiger partial charge >= 0.3 is 0 Å². The van der Waals surface area contributed by atoms with Crippen molar-refractivity contribution in [1.82, 2.24) is 5.32 Å². The van der Waals surface area contributed by atoms with E-state index in [9.17, 15) is 0 Å². The predicted molar refractivity (Wildman–Crippen MR) is 73.9 cm³/mol. The van der Waals surface area contributed by atoms with E-state index >= 15 is 0 Å². The second kappa shape index (κ2) is 4.64. The van der Waals surface area contributed by atoms with Crippen LogP contribution in [0.1, 0.15) is 16.7 Å². The van der Waals surface area contributed by atoms with E-state index in [1.165, 1.54) is 14.3 Å². The zero-order valence-corrected chi connectivity index (χ0v) is 11.1. The number of hydrogen-bond donors (Lipinski definition) is 1. The molecule has 0 aliphatic carbocycles. The maximum atomic E-state index is 5.41. The van der Waals surface area contributed by atoms with Gasteiger partial charge in [-0.1, -0.05) is 0 Å². The van der Waals surface area contributed by atoms with Gasteiger partial charge in [0.05, 0.1) is 6.26 Å².